The van der Waals surface area contributed by atoms with Crippen molar-refractivity contribution in [2.75, 3.05) is 20.8 Å². The van der Waals surface area contributed by atoms with E-state index in [0.29, 0.717) is 18.9 Å². The van der Waals surface area contributed by atoms with Crippen molar-refractivity contribution < 1.29 is 14.3 Å². The van der Waals surface area contributed by atoms with Crippen LogP contribution in [0.4, 0.5) is 0 Å². The smallest absolute Gasteiger partial charge is 0.313 e. The summed E-state index contributed by atoms with van der Waals surface area (Å²) in [5, 5.41) is 0. The van der Waals surface area contributed by atoms with E-state index in [1.165, 1.54) is 20.0 Å². The van der Waals surface area contributed by atoms with E-state index in [1.807, 2.05) is 6.92 Å². The zero-order valence-corrected chi connectivity index (χ0v) is 10.5. The Kier molecular flexibility index (Phi) is 4.74. The van der Waals surface area contributed by atoms with Crippen molar-refractivity contribution in [3.63, 3.8) is 0 Å². The van der Waals surface area contributed by atoms with Crippen molar-refractivity contribution in [1.29, 1.82) is 0 Å². The Hall–Kier alpha value is -0.610. The molecule has 0 heterocycles. The fourth-order valence-electron chi connectivity index (χ4n) is 2.22. The number of hydrogen-bond acceptors (Lipinski definition) is 4. The number of methoxy groups -OCH3 is 2. The van der Waals surface area contributed by atoms with E-state index in [0.717, 1.165) is 6.42 Å². The highest BCUT2D eigenvalue weighted by Crippen LogP contribution is 2.43. The lowest BCUT2D eigenvalue weighted by molar-refractivity contribution is -0.155. The highest BCUT2D eigenvalue weighted by molar-refractivity contribution is 5.77. The molecule has 4 heteroatoms. The SMILES string of the molecule is COC(=O)C(CN)(CC1CC1)CC(C)OC. The van der Waals surface area contributed by atoms with E-state index in [2.05, 4.69) is 0 Å². The topological polar surface area (TPSA) is 61.5 Å². The summed E-state index contributed by atoms with van der Waals surface area (Å²) in [7, 11) is 3.08. The lowest BCUT2D eigenvalue weighted by atomic mass is 9.77. The summed E-state index contributed by atoms with van der Waals surface area (Å²) in [4.78, 5) is 11.9. The molecule has 1 aliphatic rings. The Morgan fingerprint density at radius 1 is 1.50 bits per heavy atom. The van der Waals surface area contributed by atoms with Gasteiger partial charge in [-0.1, -0.05) is 12.8 Å². The minimum absolute atomic E-state index is 0.0291. The van der Waals surface area contributed by atoms with Crippen molar-refractivity contribution in [3.8, 4) is 0 Å². The zero-order chi connectivity index (χ0) is 12.2. The number of hydrogen-bond donors (Lipinski definition) is 1. The van der Waals surface area contributed by atoms with Crippen molar-refractivity contribution >= 4 is 5.97 Å². The molecule has 0 aromatic heterocycles. The number of esters is 1. The van der Waals surface area contributed by atoms with Crippen LogP contribution < -0.4 is 5.73 Å². The van der Waals surface area contributed by atoms with E-state index >= 15 is 0 Å². The van der Waals surface area contributed by atoms with Gasteiger partial charge in [-0.3, -0.25) is 4.79 Å². The summed E-state index contributed by atoms with van der Waals surface area (Å²) in [6.07, 6.45) is 3.93. The molecule has 2 atom stereocenters. The van der Waals surface area contributed by atoms with Gasteiger partial charge in [0.1, 0.15) is 0 Å². The molecule has 94 valence electrons. The zero-order valence-electron chi connectivity index (χ0n) is 10.5. The molecule has 1 fully saturated rings. The molecule has 0 radical (unpaired) electrons. The molecule has 0 aromatic carbocycles. The second-order valence-corrected chi connectivity index (χ2v) is 4.87. The van der Waals surface area contributed by atoms with Crippen LogP contribution in [0.1, 0.15) is 32.6 Å². The summed E-state index contributed by atoms with van der Waals surface area (Å²) in [5.41, 5.74) is 5.26. The first-order valence-electron chi connectivity index (χ1n) is 5.89. The summed E-state index contributed by atoms with van der Waals surface area (Å²) < 4.78 is 10.1. The van der Waals surface area contributed by atoms with Crippen molar-refractivity contribution in [3.05, 3.63) is 0 Å². The summed E-state index contributed by atoms with van der Waals surface area (Å²) in [6, 6.07) is 0. The minimum Gasteiger partial charge on any atom is -0.469 e. The lowest BCUT2D eigenvalue weighted by Gasteiger charge is -2.31. The summed E-state index contributed by atoms with van der Waals surface area (Å²) in [6.45, 7) is 2.30. The van der Waals surface area contributed by atoms with Crippen LogP contribution in [-0.4, -0.2) is 32.8 Å². The van der Waals surface area contributed by atoms with Crippen LogP contribution in [0.15, 0.2) is 0 Å². The molecule has 0 saturated heterocycles. The normalized spacial score (nSPS) is 21.2. The van der Waals surface area contributed by atoms with Gasteiger partial charge < -0.3 is 15.2 Å². The Morgan fingerprint density at radius 2 is 2.12 bits per heavy atom. The maximum Gasteiger partial charge on any atom is 0.313 e. The van der Waals surface area contributed by atoms with E-state index in [1.54, 1.807) is 7.11 Å². The van der Waals surface area contributed by atoms with E-state index in [-0.39, 0.29) is 12.1 Å². The van der Waals surface area contributed by atoms with Gasteiger partial charge in [-0.05, 0) is 25.7 Å². The highest BCUT2D eigenvalue weighted by atomic mass is 16.5. The van der Waals surface area contributed by atoms with Gasteiger partial charge in [-0.15, -0.1) is 0 Å². The first-order valence-corrected chi connectivity index (χ1v) is 5.89. The average molecular weight is 229 g/mol. The molecule has 4 nitrogen and oxygen atoms in total. The Labute approximate surface area is 97.5 Å². The van der Waals surface area contributed by atoms with Crippen LogP contribution in [0.25, 0.3) is 0 Å². The van der Waals surface area contributed by atoms with Crippen LogP contribution in [0.5, 0.6) is 0 Å². The molecule has 0 aliphatic heterocycles. The number of carbonyl (C=O) groups is 1. The number of nitrogens with two attached hydrogens (primary N) is 1. The van der Waals surface area contributed by atoms with Gasteiger partial charge in [0.15, 0.2) is 0 Å². The minimum atomic E-state index is -0.550. The van der Waals surface area contributed by atoms with Crippen molar-refractivity contribution in [2.24, 2.45) is 17.1 Å². The van der Waals surface area contributed by atoms with Gasteiger partial charge >= 0.3 is 5.97 Å². The van der Waals surface area contributed by atoms with Crippen LogP contribution in [0, 0.1) is 11.3 Å². The monoisotopic (exact) mass is 229 g/mol. The molecule has 0 aromatic rings. The molecule has 1 saturated carbocycles. The Bertz CT molecular complexity index is 240. The van der Waals surface area contributed by atoms with Gasteiger partial charge in [0, 0.05) is 13.7 Å². The molecule has 1 rings (SSSR count). The number of ether oxygens (including phenoxy) is 2. The maximum atomic E-state index is 11.9. The van der Waals surface area contributed by atoms with Crippen LogP contribution in [-0.2, 0) is 14.3 Å². The van der Waals surface area contributed by atoms with Gasteiger partial charge in [-0.25, -0.2) is 0 Å². The van der Waals surface area contributed by atoms with Crippen molar-refractivity contribution in [1.82, 2.24) is 0 Å². The molecule has 16 heavy (non-hydrogen) atoms. The number of rotatable bonds is 7. The average Bonchev–Trinajstić information content (AvgIpc) is 3.10. The third-order valence-electron chi connectivity index (χ3n) is 3.47. The van der Waals surface area contributed by atoms with Gasteiger partial charge in [0.25, 0.3) is 0 Å². The van der Waals surface area contributed by atoms with Crippen LogP contribution in [0.3, 0.4) is 0 Å². The predicted octanol–water partition coefficient (Wildman–Crippen LogP) is 1.33. The fraction of sp³-hybridized carbons (Fsp3) is 0.917. The standard InChI is InChI=1S/C12H23NO3/c1-9(15-2)6-12(8-13,11(14)16-3)7-10-4-5-10/h9-10H,4-8,13H2,1-3H3. The first kappa shape index (κ1) is 13.5. The molecular formula is C12H23NO3. The first-order chi connectivity index (χ1) is 7.57. The molecule has 0 spiro atoms. The predicted molar refractivity (Wildman–Crippen MR) is 61.9 cm³/mol. The van der Waals surface area contributed by atoms with E-state index in [9.17, 15) is 4.79 Å². The van der Waals surface area contributed by atoms with Crippen molar-refractivity contribution in [2.45, 2.75) is 38.7 Å². The van der Waals surface area contributed by atoms with Gasteiger partial charge in [0.05, 0.1) is 18.6 Å². The molecule has 2 N–H and O–H groups in total. The molecule has 0 bridgehead atoms. The number of carbonyl (C=O) groups excluding carboxylic acids is 1. The molecular weight excluding hydrogens is 206 g/mol. The van der Waals surface area contributed by atoms with Crippen LogP contribution in [0.2, 0.25) is 0 Å². The van der Waals surface area contributed by atoms with Gasteiger partial charge in [-0.2, -0.15) is 0 Å². The largest absolute Gasteiger partial charge is 0.469 e. The second-order valence-electron chi connectivity index (χ2n) is 4.87. The van der Waals surface area contributed by atoms with E-state index in [4.69, 9.17) is 15.2 Å². The quantitative estimate of drug-likeness (QED) is 0.669. The second kappa shape index (κ2) is 5.64. The fourth-order valence-corrected chi connectivity index (χ4v) is 2.22. The highest BCUT2D eigenvalue weighted by Gasteiger charge is 2.43. The van der Waals surface area contributed by atoms with Crippen LogP contribution >= 0.6 is 0 Å². The van der Waals surface area contributed by atoms with Gasteiger partial charge in [0.2, 0.25) is 0 Å². The lowest BCUT2D eigenvalue weighted by Crippen LogP contribution is -2.42. The molecule has 2 unspecified atom stereocenters. The summed E-state index contributed by atoms with van der Waals surface area (Å²) >= 11 is 0. The Balaban J connectivity index is 2.73. The third-order valence-corrected chi connectivity index (χ3v) is 3.47. The third kappa shape index (κ3) is 3.19. The molecule has 1 aliphatic carbocycles. The maximum absolute atomic E-state index is 11.9. The summed E-state index contributed by atoms with van der Waals surface area (Å²) in [5.74, 6) is 0.456. The molecule has 0 amide bonds. The Morgan fingerprint density at radius 3 is 2.50 bits per heavy atom. The van der Waals surface area contributed by atoms with E-state index < -0.39 is 5.41 Å².